The van der Waals surface area contributed by atoms with Crippen LogP contribution in [0.1, 0.15) is 0 Å². The lowest BCUT2D eigenvalue weighted by Gasteiger charge is -2.22. The highest BCUT2D eigenvalue weighted by atomic mass is 28.3. The van der Waals surface area contributed by atoms with Crippen LogP contribution >= 0.6 is 0 Å². The average Bonchev–Trinajstić information content (AvgIpc) is 2.86. The highest BCUT2D eigenvalue weighted by Gasteiger charge is 2.24. The summed E-state index contributed by atoms with van der Waals surface area (Å²) in [5, 5.41) is 4.09. The van der Waals surface area contributed by atoms with Gasteiger partial charge >= 0.3 is 0 Å². The Morgan fingerprint density at radius 1 is 0.484 bits per heavy atom. The number of aromatic nitrogens is 2. The molecule has 0 unspecified atom stereocenters. The second-order valence-electron chi connectivity index (χ2n) is 7.32. The van der Waals surface area contributed by atoms with Gasteiger partial charge in [-0.05, 0) is 28.4 Å². The lowest BCUT2D eigenvalue weighted by atomic mass is 9.96. The highest BCUT2D eigenvalue weighted by molar-refractivity contribution is 6.96. The minimum Gasteiger partial charge on any atom is -0.264 e. The number of rotatable bonds is 5. The number of benzene rings is 3. The van der Waals surface area contributed by atoms with Crippen molar-refractivity contribution in [3.63, 3.8) is 0 Å². The molecule has 3 aromatic carbocycles. The predicted molar refractivity (Wildman–Crippen MR) is 130 cm³/mol. The van der Waals surface area contributed by atoms with E-state index in [-0.39, 0.29) is 0 Å². The van der Waals surface area contributed by atoms with E-state index in [2.05, 4.69) is 101 Å². The van der Waals surface area contributed by atoms with Crippen molar-refractivity contribution in [2.75, 3.05) is 0 Å². The van der Waals surface area contributed by atoms with Crippen LogP contribution < -0.4 is 15.6 Å². The van der Waals surface area contributed by atoms with Crippen molar-refractivity contribution in [3.8, 4) is 22.3 Å². The lowest BCUT2D eigenvalue weighted by molar-refractivity contribution is 1.32. The molecule has 3 heteroatoms. The topological polar surface area (TPSA) is 25.8 Å². The lowest BCUT2D eigenvalue weighted by Crippen LogP contribution is -2.52. The van der Waals surface area contributed by atoms with Crippen LogP contribution in [0, 0.1) is 0 Å². The van der Waals surface area contributed by atoms with Crippen LogP contribution in [-0.4, -0.2) is 18.8 Å². The molecule has 0 amide bonds. The van der Waals surface area contributed by atoms with Crippen LogP contribution in [-0.2, 0) is 0 Å². The van der Waals surface area contributed by atoms with Crippen molar-refractivity contribution in [1.82, 2.24) is 9.97 Å². The number of nitrogens with zero attached hydrogens (tertiary/aromatic N) is 2. The van der Waals surface area contributed by atoms with E-state index in [1.807, 2.05) is 36.9 Å². The maximum Gasteiger partial charge on any atom is 0.155 e. The molecule has 1 radical (unpaired) electrons. The third-order valence-electron chi connectivity index (χ3n) is 5.38. The molecule has 0 aliphatic rings. The summed E-state index contributed by atoms with van der Waals surface area (Å²) >= 11 is 0. The third kappa shape index (κ3) is 3.96. The Morgan fingerprint density at radius 2 is 1.06 bits per heavy atom. The average molecular weight is 414 g/mol. The third-order valence-corrected chi connectivity index (χ3v) is 8.16. The van der Waals surface area contributed by atoms with Crippen molar-refractivity contribution in [2.45, 2.75) is 0 Å². The summed E-state index contributed by atoms with van der Waals surface area (Å²) in [6, 6.07) is 36.7. The molecule has 0 bridgehead atoms. The first-order valence-electron chi connectivity index (χ1n) is 10.3. The Morgan fingerprint density at radius 3 is 1.61 bits per heavy atom. The molecule has 0 aliphatic carbocycles. The Hall–Kier alpha value is -3.82. The molecule has 147 valence electrons. The molecule has 0 aliphatic heterocycles. The summed E-state index contributed by atoms with van der Waals surface area (Å²) < 4.78 is 0. The zero-order valence-corrected chi connectivity index (χ0v) is 18.0. The molecular weight excluding hydrogens is 392 g/mol. The van der Waals surface area contributed by atoms with E-state index in [0.29, 0.717) is 0 Å². The zero-order chi connectivity index (χ0) is 20.9. The van der Waals surface area contributed by atoms with Crippen molar-refractivity contribution in [3.05, 3.63) is 128 Å². The van der Waals surface area contributed by atoms with E-state index in [1.54, 1.807) is 0 Å². The van der Waals surface area contributed by atoms with E-state index in [1.165, 1.54) is 26.7 Å². The fourth-order valence-corrected chi connectivity index (χ4v) is 6.83. The normalized spacial score (nSPS) is 10.9. The molecule has 5 aromatic rings. The van der Waals surface area contributed by atoms with Crippen LogP contribution in [0.4, 0.5) is 0 Å². The monoisotopic (exact) mass is 413 g/mol. The molecule has 2 nitrogen and oxygen atoms in total. The van der Waals surface area contributed by atoms with E-state index < -0.39 is 8.80 Å². The highest BCUT2D eigenvalue weighted by Crippen LogP contribution is 2.30. The first kappa shape index (κ1) is 19.2. The number of pyridine rings is 2. The van der Waals surface area contributed by atoms with Gasteiger partial charge < -0.3 is 0 Å². The molecule has 2 heterocycles. The van der Waals surface area contributed by atoms with E-state index >= 15 is 0 Å². The van der Waals surface area contributed by atoms with Gasteiger partial charge in [-0.15, -0.1) is 0 Å². The minimum absolute atomic E-state index is 1.12. The van der Waals surface area contributed by atoms with Crippen LogP contribution in [0.15, 0.2) is 128 Å². The van der Waals surface area contributed by atoms with Gasteiger partial charge in [0.1, 0.15) is 0 Å². The minimum atomic E-state index is -1.23. The van der Waals surface area contributed by atoms with Crippen molar-refractivity contribution < 1.29 is 0 Å². The van der Waals surface area contributed by atoms with Crippen LogP contribution in [0.2, 0.25) is 0 Å². The van der Waals surface area contributed by atoms with Gasteiger partial charge in [-0.2, -0.15) is 0 Å². The molecule has 0 spiro atoms. The second kappa shape index (κ2) is 8.90. The summed E-state index contributed by atoms with van der Waals surface area (Å²) in [7, 11) is -1.23. The second-order valence-corrected chi connectivity index (χ2v) is 9.76. The van der Waals surface area contributed by atoms with E-state index in [0.717, 1.165) is 11.1 Å². The summed E-state index contributed by atoms with van der Waals surface area (Å²) in [6.45, 7) is 0. The van der Waals surface area contributed by atoms with Crippen molar-refractivity contribution >= 4 is 24.4 Å². The summed E-state index contributed by atoms with van der Waals surface area (Å²) in [4.78, 5) is 8.82. The molecule has 31 heavy (non-hydrogen) atoms. The van der Waals surface area contributed by atoms with Crippen LogP contribution in [0.5, 0.6) is 0 Å². The molecule has 0 fully saturated rings. The van der Waals surface area contributed by atoms with Gasteiger partial charge in [-0.3, -0.25) is 9.97 Å². The number of hydrogen-bond donors (Lipinski definition) is 0. The first-order valence-corrected chi connectivity index (χ1v) is 11.8. The van der Waals surface area contributed by atoms with Gasteiger partial charge in [-0.25, -0.2) is 0 Å². The Balaban J connectivity index is 1.82. The molecule has 0 saturated heterocycles. The van der Waals surface area contributed by atoms with Gasteiger partial charge in [0.05, 0.1) is 0 Å². The van der Waals surface area contributed by atoms with Crippen molar-refractivity contribution in [1.29, 1.82) is 0 Å². The standard InChI is InChI=1S/C28H21N2Si/c1-3-12-24(13-4-1)31(25-14-5-2-6-15-25)27-17-7-16-26(22-10-8-18-29-20-22)28(27)23-11-9-19-30-21-23/h1-21H. The molecule has 2 aromatic heterocycles. The quantitative estimate of drug-likeness (QED) is 0.317. The molecular formula is C28H21N2Si. The SMILES string of the molecule is c1ccc([Si](c2ccccc2)c2cccc(-c3cccnc3)c2-c2cccnc2)cc1. The van der Waals surface area contributed by atoms with Gasteiger partial charge in [0.25, 0.3) is 0 Å². The van der Waals surface area contributed by atoms with Crippen LogP contribution in [0.25, 0.3) is 22.3 Å². The summed E-state index contributed by atoms with van der Waals surface area (Å²) in [5.74, 6) is 0. The van der Waals surface area contributed by atoms with Gasteiger partial charge in [0, 0.05) is 35.9 Å². The summed E-state index contributed by atoms with van der Waals surface area (Å²) in [5.41, 5.74) is 4.68. The van der Waals surface area contributed by atoms with Gasteiger partial charge in [0.2, 0.25) is 0 Å². The fraction of sp³-hybridized carbons (Fsp3) is 0. The molecule has 0 saturated carbocycles. The van der Waals surface area contributed by atoms with Crippen LogP contribution in [0.3, 0.4) is 0 Å². The smallest absolute Gasteiger partial charge is 0.155 e. The van der Waals surface area contributed by atoms with Crippen molar-refractivity contribution in [2.24, 2.45) is 0 Å². The van der Waals surface area contributed by atoms with Gasteiger partial charge in [-0.1, -0.05) is 101 Å². The Labute approximate surface area is 184 Å². The molecule has 0 atom stereocenters. The maximum absolute atomic E-state index is 4.44. The Bertz CT molecular complexity index is 1220. The van der Waals surface area contributed by atoms with E-state index in [9.17, 15) is 0 Å². The maximum atomic E-state index is 4.44. The first-order chi connectivity index (χ1) is 15.4. The zero-order valence-electron chi connectivity index (χ0n) is 17.0. The number of hydrogen-bond acceptors (Lipinski definition) is 2. The van der Waals surface area contributed by atoms with E-state index in [4.69, 9.17) is 0 Å². The Kier molecular flexibility index (Phi) is 5.50. The predicted octanol–water partition coefficient (Wildman–Crippen LogP) is 4.33. The summed E-state index contributed by atoms with van der Waals surface area (Å²) in [6.07, 6.45) is 7.56. The molecule has 0 N–H and O–H groups in total. The van der Waals surface area contributed by atoms with Gasteiger partial charge in [0.15, 0.2) is 8.80 Å². The largest absolute Gasteiger partial charge is 0.264 e. The molecule has 5 rings (SSSR count). The fourth-order valence-electron chi connectivity index (χ4n) is 4.03.